The fraction of sp³-hybridized carbons (Fsp3) is 0.258. The second-order valence-corrected chi connectivity index (χ2v) is 9.85. The molecule has 0 bridgehead atoms. The Bertz CT molecular complexity index is 1470. The van der Waals surface area contributed by atoms with Gasteiger partial charge in [0, 0.05) is 62.1 Å². The number of carbonyl (C=O) groups excluding carboxylic acids is 2. The first-order valence-electron chi connectivity index (χ1n) is 12.9. The third-order valence-corrected chi connectivity index (χ3v) is 7.50. The lowest BCUT2D eigenvalue weighted by Gasteiger charge is -2.37. The molecule has 2 aromatic carbocycles. The first-order valence-corrected chi connectivity index (χ1v) is 12.9. The molecule has 0 unspecified atom stereocenters. The van der Waals surface area contributed by atoms with Crippen molar-refractivity contribution in [3.63, 3.8) is 0 Å². The maximum Gasteiger partial charge on any atom is 0.298 e. The highest BCUT2D eigenvalue weighted by Gasteiger charge is 2.25. The number of piperazine rings is 1. The summed E-state index contributed by atoms with van der Waals surface area (Å²) >= 11 is 0. The molecule has 194 valence electrons. The monoisotopic (exact) mass is 507 g/mol. The quantitative estimate of drug-likeness (QED) is 0.288. The number of carbonyl (C=O) groups is 2. The number of pyridine rings is 1. The zero-order chi connectivity index (χ0) is 26.8. The molecule has 7 nitrogen and oxygen atoms in total. The fourth-order valence-electron chi connectivity index (χ4n) is 5.01. The molecule has 0 atom stereocenters. The summed E-state index contributed by atoms with van der Waals surface area (Å²) in [4.78, 5) is 35.5. The van der Waals surface area contributed by atoms with E-state index >= 15 is 0 Å². The molecule has 0 radical (unpaired) electrons. The molecule has 3 heterocycles. The van der Waals surface area contributed by atoms with E-state index in [-0.39, 0.29) is 0 Å². The molecule has 0 spiro atoms. The highest BCUT2D eigenvalue weighted by atomic mass is 16.2. The highest BCUT2D eigenvalue weighted by Crippen LogP contribution is 2.28. The molecular weight excluding hydrogens is 474 g/mol. The Morgan fingerprint density at radius 1 is 0.842 bits per heavy atom. The maximum atomic E-state index is 13.2. The largest absolute Gasteiger partial charge is 0.368 e. The Balaban J connectivity index is 1.24. The third-order valence-electron chi connectivity index (χ3n) is 7.50. The molecule has 0 saturated carbocycles. The Kier molecular flexibility index (Phi) is 7.01. The number of benzene rings is 2. The second-order valence-electron chi connectivity index (χ2n) is 9.85. The number of Topliss-reactive ketones (excluding diaryl/α,β-unsaturated/α-hetero) is 1. The summed E-state index contributed by atoms with van der Waals surface area (Å²) in [6.45, 7) is 9.73. The van der Waals surface area contributed by atoms with Crippen LogP contribution in [0.25, 0.3) is 11.1 Å². The van der Waals surface area contributed by atoms with Gasteiger partial charge < -0.3 is 19.7 Å². The first kappa shape index (κ1) is 25.3. The van der Waals surface area contributed by atoms with E-state index in [9.17, 15) is 9.59 Å². The number of ketones is 1. The predicted molar refractivity (Wildman–Crippen MR) is 153 cm³/mol. The van der Waals surface area contributed by atoms with Crippen LogP contribution in [0, 0.1) is 20.8 Å². The number of aromatic nitrogens is 2. The van der Waals surface area contributed by atoms with Crippen molar-refractivity contribution >= 4 is 28.9 Å². The molecule has 7 heteroatoms. The standard InChI is InChI=1S/C31H33N5O2/c1-21-14-15-32-30(23(21)3)36-18-16-35(17-19-36)26-12-10-25(11-13-26)33-31(38)29(37)28-27(20-22(2)34(28)4)24-8-6-5-7-9-24/h5-15,20H,16-19H2,1-4H3,(H,33,38). The van der Waals surface area contributed by atoms with E-state index < -0.39 is 11.7 Å². The van der Waals surface area contributed by atoms with Crippen LogP contribution in [0.3, 0.4) is 0 Å². The van der Waals surface area contributed by atoms with Crippen molar-refractivity contribution in [2.75, 3.05) is 41.3 Å². The minimum Gasteiger partial charge on any atom is -0.368 e. The van der Waals surface area contributed by atoms with Crippen LogP contribution in [-0.2, 0) is 11.8 Å². The molecule has 2 aromatic heterocycles. The Morgan fingerprint density at radius 2 is 1.50 bits per heavy atom. The van der Waals surface area contributed by atoms with Crippen LogP contribution in [0.1, 0.15) is 27.3 Å². The number of aryl methyl sites for hydroxylation is 2. The van der Waals surface area contributed by atoms with Crippen molar-refractivity contribution in [1.82, 2.24) is 9.55 Å². The van der Waals surface area contributed by atoms with Crippen LogP contribution in [-0.4, -0.2) is 47.4 Å². The molecule has 1 fully saturated rings. The summed E-state index contributed by atoms with van der Waals surface area (Å²) in [5.41, 5.74) is 7.15. The van der Waals surface area contributed by atoms with Crippen LogP contribution in [0.15, 0.2) is 72.9 Å². The van der Waals surface area contributed by atoms with E-state index in [1.807, 2.05) is 86.9 Å². The summed E-state index contributed by atoms with van der Waals surface area (Å²) in [5, 5.41) is 2.79. The van der Waals surface area contributed by atoms with Gasteiger partial charge in [-0.15, -0.1) is 0 Å². The molecule has 1 aliphatic heterocycles. The Hall–Kier alpha value is -4.39. The maximum absolute atomic E-state index is 13.2. The van der Waals surface area contributed by atoms with Gasteiger partial charge >= 0.3 is 0 Å². The molecule has 4 aromatic rings. The number of rotatable bonds is 6. The van der Waals surface area contributed by atoms with Gasteiger partial charge in [0.15, 0.2) is 0 Å². The van der Waals surface area contributed by atoms with Crippen molar-refractivity contribution in [3.05, 3.63) is 95.4 Å². The predicted octanol–water partition coefficient (Wildman–Crippen LogP) is 5.16. The molecule has 1 saturated heterocycles. The lowest BCUT2D eigenvalue weighted by atomic mass is 10.0. The van der Waals surface area contributed by atoms with Crippen LogP contribution in [0.2, 0.25) is 0 Å². The number of amides is 1. The summed E-state index contributed by atoms with van der Waals surface area (Å²) < 4.78 is 1.78. The van der Waals surface area contributed by atoms with E-state index in [1.54, 1.807) is 4.57 Å². The van der Waals surface area contributed by atoms with Gasteiger partial charge in [-0.25, -0.2) is 4.98 Å². The van der Waals surface area contributed by atoms with Crippen LogP contribution < -0.4 is 15.1 Å². The van der Waals surface area contributed by atoms with E-state index in [4.69, 9.17) is 0 Å². The Labute approximate surface area is 223 Å². The molecule has 0 aliphatic carbocycles. The van der Waals surface area contributed by atoms with Crippen molar-refractivity contribution in [1.29, 1.82) is 0 Å². The normalized spacial score (nSPS) is 13.5. The number of hydrogen-bond acceptors (Lipinski definition) is 5. The second kappa shape index (κ2) is 10.5. The summed E-state index contributed by atoms with van der Waals surface area (Å²) in [6, 6.07) is 21.4. The van der Waals surface area contributed by atoms with E-state index in [0.29, 0.717) is 11.4 Å². The van der Waals surface area contributed by atoms with Gasteiger partial charge in [0.05, 0.1) is 0 Å². The molecule has 5 rings (SSSR count). The zero-order valence-corrected chi connectivity index (χ0v) is 22.4. The molecule has 1 aliphatic rings. The lowest BCUT2D eigenvalue weighted by molar-refractivity contribution is -0.112. The fourth-order valence-corrected chi connectivity index (χ4v) is 5.01. The van der Waals surface area contributed by atoms with E-state index in [0.717, 1.165) is 54.5 Å². The van der Waals surface area contributed by atoms with Crippen LogP contribution >= 0.6 is 0 Å². The van der Waals surface area contributed by atoms with Gasteiger partial charge in [0.1, 0.15) is 11.5 Å². The minimum atomic E-state index is -0.647. The topological polar surface area (TPSA) is 70.5 Å². The number of hydrogen-bond donors (Lipinski definition) is 1. The molecule has 38 heavy (non-hydrogen) atoms. The zero-order valence-electron chi connectivity index (χ0n) is 22.4. The van der Waals surface area contributed by atoms with Gasteiger partial charge in [0.2, 0.25) is 0 Å². The lowest BCUT2D eigenvalue weighted by Crippen LogP contribution is -2.47. The molecule has 1 N–H and O–H groups in total. The van der Waals surface area contributed by atoms with Gasteiger partial charge in [-0.1, -0.05) is 30.3 Å². The van der Waals surface area contributed by atoms with Gasteiger partial charge in [-0.05, 0) is 73.9 Å². The van der Waals surface area contributed by atoms with Crippen molar-refractivity contribution in [3.8, 4) is 11.1 Å². The summed E-state index contributed by atoms with van der Waals surface area (Å²) in [6.07, 6.45) is 1.88. The van der Waals surface area contributed by atoms with E-state index in [2.05, 4.69) is 33.9 Å². The molecule has 1 amide bonds. The first-order chi connectivity index (χ1) is 18.3. The van der Waals surface area contributed by atoms with Gasteiger partial charge in [0.25, 0.3) is 11.7 Å². The number of anilines is 3. The van der Waals surface area contributed by atoms with Gasteiger partial charge in [-0.3, -0.25) is 9.59 Å². The minimum absolute atomic E-state index is 0.388. The SMILES string of the molecule is Cc1ccnc(N2CCN(c3ccc(NC(=O)C(=O)c4c(-c5ccccc5)cc(C)n4C)cc3)CC2)c1C. The van der Waals surface area contributed by atoms with Gasteiger partial charge in [-0.2, -0.15) is 0 Å². The van der Waals surface area contributed by atoms with Crippen molar-refractivity contribution in [2.24, 2.45) is 7.05 Å². The highest BCUT2D eigenvalue weighted by molar-refractivity contribution is 6.47. The Morgan fingerprint density at radius 3 is 2.18 bits per heavy atom. The number of nitrogens with one attached hydrogen (secondary N) is 1. The average Bonchev–Trinajstić information content (AvgIpc) is 3.24. The van der Waals surface area contributed by atoms with Crippen LogP contribution in [0.5, 0.6) is 0 Å². The summed E-state index contributed by atoms with van der Waals surface area (Å²) in [5.74, 6) is -0.137. The van der Waals surface area contributed by atoms with Crippen LogP contribution in [0.4, 0.5) is 17.2 Å². The smallest absolute Gasteiger partial charge is 0.298 e. The van der Waals surface area contributed by atoms with Crippen molar-refractivity contribution < 1.29 is 9.59 Å². The van der Waals surface area contributed by atoms with Crippen molar-refractivity contribution in [2.45, 2.75) is 20.8 Å². The third kappa shape index (κ3) is 4.92. The molecular formula is C31H33N5O2. The average molecular weight is 508 g/mol. The van der Waals surface area contributed by atoms with E-state index in [1.165, 1.54) is 11.1 Å². The number of nitrogens with zero attached hydrogens (tertiary/aromatic N) is 4. The summed E-state index contributed by atoms with van der Waals surface area (Å²) in [7, 11) is 1.81.